The number of aromatic nitrogens is 3. The number of fused-ring (bicyclic) bond motifs is 1. The van der Waals surface area contributed by atoms with Crippen LogP contribution in [0.3, 0.4) is 0 Å². The lowest BCUT2D eigenvalue weighted by molar-refractivity contribution is 0.0698. The van der Waals surface area contributed by atoms with Crippen molar-refractivity contribution >= 4 is 18.3 Å². The van der Waals surface area contributed by atoms with Crippen molar-refractivity contribution in [1.82, 2.24) is 25.2 Å². The first-order valence-electron chi connectivity index (χ1n) is 10.5. The lowest BCUT2D eigenvalue weighted by Crippen LogP contribution is -2.45. The minimum absolute atomic E-state index is 0. The van der Waals surface area contributed by atoms with Crippen LogP contribution in [0.4, 0.5) is 0 Å². The molecular weight excluding hydrogens is 406 g/mol. The fraction of sp³-hybridized carbons (Fsp3) is 0.571. The average Bonchev–Trinajstić information content (AvgIpc) is 3.52. The van der Waals surface area contributed by atoms with Gasteiger partial charge in [-0.2, -0.15) is 0 Å². The smallest absolute Gasteiger partial charge is 0.276 e. The molecule has 3 aliphatic rings. The monoisotopic (exact) mass is 433 g/mol. The Morgan fingerprint density at radius 2 is 1.87 bits per heavy atom. The summed E-state index contributed by atoms with van der Waals surface area (Å²) < 4.78 is 12.9. The number of likely N-dealkylation sites (tertiary alicyclic amines) is 1. The molecule has 5 rings (SSSR count). The molecule has 0 bridgehead atoms. The highest BCUT2D eigenvalue weighted by molar-refractivity contribution is 5.93. The molecule has 1 aromatic heterocycles. The van der Waals surface area contributed by atoms with E-state index < -0.39 is 0 Å². The fourth-order valence-corrected chi connectivity index (χ4v) is 4.03. The molecule has 1 saturated heterocycles. The molecule has 1 aliphatic carbocycles. The Bertz CT molecular complexity index is 906. The minimum Gasteiger partial charge on any atom is -0.486 e. The maximum absolute atomic E-state index is 13.0. The predicted octanol–water partition coefficient (Wildman–Crippen LogP) is 2.37. The van der Waals surface area contributed by atoms with Crippen molar-refractivity contribution in [3.63, 3.8) is 0 Å². The number of rotatable bonds is 5. The first kappa shape index (κ1) is 20.9. The van der Waals surface area contributed by atoms with Gasteiger partial charge in [-0.25, -0.2) is 4.68 Å². The van der Waals surface area contributed by atoms with Gasteiger partial charge in [0.05, 0.1) is 11.4 Å². The van der Waals surface area contributed by atoms with Crippen LogP contribution in [0, 0.1) is 12.8 Å². The van der Waals surface area contributed by atoms with E-state index >= 15 is 0 Å². The Labute approximate surface area is 182 Å². The molecule has 1 aromatic carbocycles. The topological polar surface area (TPSA) is 81.5 Å². The van der Waals surface area contributed by atoms with Crippen LogP contribution in [0.25, 0.3) is 5.69 Å². The Hall–Kier alpha value is -2.32. The van der Waals surface area contributed by atoms with Crippen LogP contribution >= 0.6 is 12.4 Å². The first-order chi connectivity index (χ1) is 14.2. The highest BCUT2D eigenvalue weighted by Crippen LogP contribution is 2.32. The molecule has 9 heteroatoms. The third kappa shape index (κ3) is 4.25. The summed E-state index contributed by atoms with van der Waals surface area (Å²) in [7, 11) is 0. The van der Waals surface area contributed by atoms with Crippen molar-refractivity contribution in [1.29, 1.82) is 0 Å². The maximum atomic E-state index is 13.0. The third-order valence-electron chi connectivity index (χ3n) is 6.04. The zero-order valence-corrected chi connectivity index (χ0v) is 18.0. The second-order valence-corrected chi connectivity index (χ2v) is 8.18. The summed E-state index contributed by atoms with van der Waals surface area (Å²) in [5.41, 5.74) is 1.96. The number of halogens is 1. The summed E-state index contributed by atoms with van der Waals surface area (Å²) in [4.78, 5) is 14.9. The van der Waals surface area contributed by atoms with Gasteiger partial charge in [-0.3, -0.25) is 4.79 Å². The number of hydrogen-bond acceptors (Lipinski definition) is 6. The number of carbonyl (C=O) groups excluding carboxylic acids is 1. The lowest BCUT2D eigenvalue weighted by Gasteiger charge is -2.32. The molecule has 2 fully saturated rings. The van der Waals surface area contributed by atoms with Crippen molar-refractivity contribution in [2.45, 2.75) is 38.6 Å². The fourth-order valence-electron chi connectivity index (χ4n) is 4.03. The zero-order valence-electron chi connectivity index (χ0n) is 17.2. The van der Waals surface area contributed by atoms with Crippen LogP contribution in [-0.2, 0) is 0 Å². The van der Waals surface area contributed by atoms with Gasteiger partial charge in [-0.1, -0.05) is 5.21 Å². The van der Waals surface area contributed by atoms with Crippen LogP contribution in [0.2, 0.25) is 0 Å². The number of nitrogens with zero attached hydrogens (tertiary/aromatic N) is 4. The molecule has 2 aromatic rings. The molecule has 8 nitrogen and oxygen atoms in total. The molecule has 0 radical (unpaired) electrons. The van der Waals surface area contributed by atoms with E-state index in [1.807, 2.05) is 30.0 Å². The second kappa shape index (κ2) is 8.81. The summed E-state index contributed by atoms with van der Waals surface area (Å²) in [5.74, 6) is 2.27. The SMILES string of the molecule is Cc1c(C(=O)N2CCC(NCC3CC3)CC2)nnn1-c1ccc2c(c1)OCCO2.Cl. The highest BCUT2D eigenvalue weighted by Gasteiger charge is 2.29. The van der Waals surface area contributed by atoms with E-state index in [4.69, 9.17) is 9.47 Å². The molecule has 0 spiro atoms. The van der Waals surface area contributed by atoms with Crippen LogP contribution < -0.4 is 14.8 Å². The van der Waals surface area contributed by atoms with Gasteiger partial charge in [0.1, 0.15) is 13.2 Å². The average molecular weight is 434 g/mol. The van der Waals surface area contributed by atoms with Gasteiger partial charge in [-0.05, 0) is 57.2 Å². The Balaban J connectivity index is 0.00000218. The molecule has 0 unspecified atom stereocenters. The number of piperidine rings is 1. The van der Waals surface area contributed by atoms with Crippen molar-refractivity contribution in [2.24, 2.45) is 5.92 Å². The molecule has 162 valence electrons. The van der Waals surface area contributed by atoms with Crippen molar-refractivity contribution in [3.8, 4) is 17.2 Å². The van der Waals surface area contributed by atoms with Gasteiger partial charge >= 0.3 is 0 Å². The molecule has 2 aliphatic heterocycles. The Morgan fingerprint density at radius 1 is 1.13 bits per heavy atom. The third-order valence-corrected chi connectivity index (χ3v) is 6.04. The van der Waals surface area contributed by atoms with E-state index in [-0.39, 0.29) is 18.3 Å². The summed E-state index contributed by atoms with van der Waals surface area (Å²) in [6.07, 6.45) is 4.72. The minimum atomic E-state index is -0.0352. The summed E-state index contributed by atoms with van der Waals surface area (Å²) in [5, 5.41) is 12.1. The van der Waals surface area contributed by atoms with Gasteiger partial charge in [0.2, 0.25) is 0 Å². The predicted molar refractivity (Wildman–Crippen MR) is 114 cm³/mol. The molecule has 30 heavy (non-hydrogen) atoms. The van der Waals surface area contributed by atoms with E-state index in [2.05, 4.69) is 15.6 Å². The van der Waals surface area contributed by atoms with E-state index in [1.165, 1.54) is 12.8 Å². The second-order valence-electron chi connectivity index (χ2n) is 8.18. The van der Waals surface area contributed by atoms with Gasteiger partial charge in [-0.15, -0.1) is 17.5 Å². The number of ether oxygens (including phenoxy) is 2. The number of amides is 1. The van der Waals surface area contributed by atoms with E-state index in [0.29, 0.717) is 30.7 Å². The Morgan fingerprint density at radius 3 is 2.60 bits per heavy atom. The molecular formula is C21H28ClN5O3. The molecule has 3 heterocycles. The van der Waals surface area contributed by atoms with Crippen LogP contribution in [0.5, 0.6) is 11.5 Å². The molecule has 1 N–H and O–H groups in total. The van der Waals surface area contributed by atoms with E-state index in [0.717, 1.165) is 55.5 Å². The van der Waals surface area contributed by atoms with Gasteiger partial charge in [0, 0.05) is 25.2 Å². The maximum Gasteiger partial charge on any atom is 0.276 e. The normalized spacial score (nSPS) is 18.8. The Kier molecular flexibility index (Phi) is 6.15. The van der Waals surface area contributed by atoms with Crippen molar-refractivity contribution in [2.75, 3.05) is 32.8 Å². The summed E-state index contributed by atoms with van der Waals surface area (Å²) >= 11 is 0. The molecule has 0 atom stereocenters. The van der Waals surface area contributed by atoms with Gasteiger partial charge in [0.15, 0.2) is 17.2 Å². The number of carbonyl (C=O) groups is 1. The van der Waals surface area contributed by atoms with E-state index in [9.17, 15) is 4.79 Å². The zero-order chi connectivity index (χ0) is 19.8. The highest BCUT2D eigenvalue weighted by atomic mass is 35.5. The lowest BCUT2D eigenvalue weighted by atomic mass is 10.0. The molecule has 1 saturated carbocycles. The van der Waals surface area contributed by atoms with Crippen LogP contribution in [0.15, 0.2) is 18.2 Å². The number of benzene rings is 1. The number of nitrogens with one attached hydrogen (secondary N) is 1. The van der Waals surface area contributed by atoms with Crippen LogP contribution in [-0.4, -0.2) is 64.7 Å². The number of hydrogen-bond donors (Lipinski definition) is 1. The van der Waals surface area contributed by atoms with Crippen molar-refractivity contribution in [3.05, 3.63) is 29.6 Å². The van der Waals surface area contributed by atoms with Crippen molar-refractivity contribution < 1.29 is 14.3 Å². The van der Waals surface area contributed by atoms with Crippen LogP contribution in [0.1, 0.15) is 41.9 Å². The summed E-state index contributed by atoms with van der Waals surface area (Å²) in [6.45, 7) is 5.62. The quantitative estimate of drug-likeness (QED) is 0.779. The standard InChI is InChI=1S/C21H27N5O3.ClH/c1-14-20(21(27)25-8-6-16(7-9-25)22-13-15-2-3-15)23-24-26(14)17-4-5-18-19(12-17)29-11-10-28-18;/h4-5,12,15-16,22H,2-3,6-11,13H2,1H3;1H. The largest absolute Gasteiger partial charge is 0.486 e. The van der Waals surface area contributed by atoms with Gasteiger partial charge in [0.25, 0.3) is 5.91 Å². The molecule has 1 amide bonds. The summed E-state index contributed by atoms with van der Waals surface area (Å²) in [6, 6.07) is 6.17. The van der Waals surface area contributed by atoms with Gasteiger partial charge < -0.3 is 19.7 Å². The van der Waals surface area contributed by atoms with E-state index in [1.54, 1.807) is 4.68 Å². The first-order valence-corrected chi connectivity index (χ1v) is 10.5.